The summed E-state index contributed by atoms with van der Waals surface area (Å²) in [7, 11) is 1.74. The molecule has 0 aromatic carbocycles. The van der Waals surface area contributed by atoms with Crippen molar-refractivity contribution in [3.05, 3.63) is 17.7 Å². The Labute approximate surface area is 114 Å². The van der Waals surface area contributed by atoms with Crippen LogP contribution in [0.4, 0.5) is 4.79 Å². The summed E-state index contributed by atoms with van der Waals surface area (Å²) < 4.78 is 5.35. The average Bonchev–Trinajstić information content (AvgIpc) is 2.71. The molecule has 0 radical (unpaired) electrons. The standard InChI is InChI=1S/C13H24N4O2/c1-6-19-9-13(3,4)16-12(18)17(5)8-11-14-7-10(2)15-11/h7H,6,8-9H2,1-5H3,(H,14,15)(H,16,18). The van der Waals surface area contributed by atoms with Crippen molar-refractivity contribution in [1.82, 2.24) is 20.2 Å². The van der Waals surface area contributed by atoms with Crippen molar-refractivity contribution >= 4 is 6.03 Å². The average molecular weight is 268 g/mol. The second-order valence-electron chi connectivity index (χ2n) is 5.32. The number of aromatic amines is 1. The Balaban J connectivity index is 2.48. The van der Waals surface area contributed by atoms with Crippen LogP contribution in [0.25, 0.3) is 0 Å². The van der Waals surface area contributed by atoms with Crippen molar-refractivity contribution in [2.24, 2.45) is 0 Å². The lowest BCUT2D eigenvalue weighted by molar-refractivity contribution is 0.0916. The summed E-state index contributed by atoms with van der Waals surface area (Å²) in [5.41, 5.74) is 0.598. The third-order valence-corrected chi connectivity index (χ3v) is 2.60. The smallest absolute Gasteiger partial charge is 0.318 e. The van der Waals surface area contributed by atoms with E-state index in [4.69, 9.17) is 4.74 Å². The van der Waals surface area contributed by atoms with Crippen molar-refractivity contribution in [1.29, 1.82) is 0 Å². The van der Waals surface area contributed by atoms with Crippen LogP contribution in [0.5, 0.6) is 0 Å². The van der Waals surface area contributed by atoms with E-state index in [1.807, 2.05) is 27.7 Å². The van der Waals surface area contributed by atoms with E-state index in [1.165, 1.54) is 0 Å². The van der Waals surface area contributed by atoms with E-state index in [-0.39, 0.29) is 11.6 Å². The zero-order valence-corrected chi connectivity index (χ0v) is 12.4. The van der Waals surface area contributed by atoms with Gasteiger partial charge in [-0.1, -0.05) is 0 Å². The summed E-state index contributed by atoms with van der Waals surface area (Å²) in [6.45, 7) is 9.32. The maximum absolute atomic E-state index is 12.1. The number of H-pyrrole nitrogens is 1. The molecule has 0 atom stereocenters. The van der Waals surface area contributed by atoms with Gasteiger partial charge in [-0.2, -0.15) is 0 Å². The molecule has 0 aliphatic carbocycles. The molecule has 6 heteroatoms. The lowest BCUT2D eigenvalue weighted by Crippen LogP contribution is -2.51. The maximum Gasteiger partial charge on any atom is 0.318 e. The zero-order chi connectivity index (χ0) is 14.5. The first-order chi connectivity index (χ1) is 8.84. The van der Waals surface area contributed by atoms with Gasteiger partial charge in [0, 0.05) is 25.5 Å². The van der Waals surface area contributed by atoms with E-state index in [1.54, 1.807) is 18.1 Å². The Morgan fingerprint density at radius 1 is 1.58 bits per heavy atom. The van der Waals surface area contributed by atoms with Gasteiger partial charge in [-0.25, -0.2) is 9.78 Å². The summed E-state index contributed by atoms with van der Waals surface area (Å²) in [6, 6.07) is -0.140. The topological polar surface area (TPSA) is 70.2 Å². The van der Waals surface area contributed by atoms with Gasteiger partial charge in [0.25, 0.3) is 0 Å². The van der Waals surface area contributed by atoms with Gasteiger partial charge < -0.3 is 19.9 Å². The Kier molecular flexibility index (Phi) is 5.35. The van der Waals surface area contributed by atoms with Gasteiger partial charge in [0.2, 0.25) is 0 Å². The van der Waals surface area contributed by atoms with Crippen LogP contribution in [0.3, 0.4) is 0 Å². The lowest BCUT2D eigenvalue weighted by Gasteiger charge is -2.28. The number of nitrogens with one attached hydrogen (secondary N) is 2. The molecular weight excluding hydrogens is 244 g/mol. The summed E-state index contributed by atoms with van der Waals surface area (Å²) in [6.07, 6.45) is 1.75. The van der Waals surface area contributed by atoms with E-state index >= 15 is 0 Å². The van der Waals surface area contributed by atoms with Crippen molar-refractivity contribution in [3.8, 4) is 0 Å². The van der Waals surface area contributed by atoms with Crippen LogP contribution in [0.15, 0.2) is 6.20 Å². The van der Waals surface area contributed by atoms with E-state index < -0.39 is 0 Å². The van der Waals surface area contributed by atoms with Gasteiger partial charge in [0.1, 0.15) is 5.82 Å². The van der Waals surface area contributed by atoms with Gasteiger partial charge in [-0.3, -0.25) is 0 Å². The van der Waals surface area contributed by atoms with Crippen LogP contribution in [-0.4, -0.2) is 46.7 Å². The highest BCUT2D eigenvalue weighted by atomic mass is 16.5. The lowest BCUT2D eigenvalue weighted by atomic mass is 10.1. The fourth-order valence-corrected chi connectivity index (χ4v) is 1.62. The number of imidazole rings is 1. The number of urea groups is 1. The molecule has 2 N–H and O–H groups in total. The van der Waals surface area contributed by atoms with Crippen LogP contribution in [0.1, 0.15) is 32.3 Å². The van der Waals surface area contributed by atoms with Crippen molar-refractivity contribution in [3.63, 3.8) is 0 Å². The number of aromatic nitrogens is 2. The molecule has 1 heterocycles. The fraction of sp³-hybridized carbons (Fsp3) is 0.692. The highest BCUT2D eigenvalue weighted by Crippen LogP contribution is 2.05. The number of hydrogen-bond donors (Lipinski definition) is 2. The highest BCUT2D eigenvalue weighted by Gasteiger charge is 2.22. The molecule has 1 aromatic rings. The van der Waals surface area contributed by atoms with Crippen molar-refractivity contribution in [2.45, 2.75) is 39.8 Å². The molecule has 0 unspecified atom stereocenters. The Morgan fingerprint density at radius 3 is 2.79 bits per heavy atom. The number of hydrogen-bond acceptors (Lipinski definition) is 3. The quantitative estimate of drug-likeness (QED) is 0.824. The van der Waals surface area contributed by atoms with E-state index in [0.717, 1.165) is 11.5 Å². The molecule has 0 aliphatic heterocycles. The van der Waals surface area contributed by atoms with Gasteiger partial charge in [0.15, 0.2) is 0 Å². The van der Waals surface area contributed by atoms with Crippen LogP contribution in [0.2, 0.25) is 0 Å². The van der Waals surface area contributed by atoms with Crippen molar-refractivity contribution < 1.29 is 9.53 Å². The number of ether oxygens (including phenoxy) is 1. The molecule has 0 spiro atoms. The van der Waals surface area contributed by atoms with Gasteiger partial charge >= 0.3 is 6.03 Å². The first kappa shape index (κ1) is 15.5. The molecule has 0 aliphatic rings. The Morgan fingerprint density at radius 2 is 2.26 bits per heavy atom. The molecule has 0 saturated heterocycles. The minimum atomic E-state index is -0.388. The Bertz CT molecular complexity index is 415. The van der Waals surface area contributed by atoms with E-state index in [9.17, 15) is 4.79 Å². The molecule has 2 amide bonds. The van der Waals surface area contributed by atoms with Gasteiger partial charge in [-0.05, 0) is 27.7 Å². The van der Waals surface area contributed by atoms with Crippen molar-refractivity contribution in [2.75, 3.05) is 20.3 Å². The van der Waals surface area contributed by atoms with Gasteiger partial charge in [-0.15, -0.1) is 0 Å². The molecule has 1 rings (SSSR count). The molecule has 1 aromatic heterocycles. The van der Waals surface area contributed by atoms with Crippen LogP contribution in [0, 0.1) is 6.92 Å². The predicted molar refractivity (Wildman–Crippen MR) is 73.9 cm³/mol. The third kappa shape index (κ3) is 5.30. The monoisotopic (exact) mass is 268 g/mol. The van der Waals surface area contributed by atoms with Crippen LogP contribution in [-0.2, 0) is 11.3 Å². The second-order valence-corrected chi connectivity index (χ2v) is 5.32. The molecule has 108 valence electrons. The fourth-order valence-electron chi connectivity index (χ4n) is 1.62. The molecule has 0 fully saturated rings. The molecule has 0 saturated carbocycles. The minimum Gasteiger partial charge on any atom is -0.379 e. The molecule has 6 nitrogen and oxygen atoms in total. The normalized spacial score (nSPS) is 11.4. The summed E-state index contributed by atoms with van der Waals surface area (Å²) in [4.78, 5) is 20.9. The van der Waals surface area contributed by atoms with Gasteiger partial charge in [0.05, 0.1) is 18.7 Å². The Hall–Kier alpha value is -1.56. The number of carbonyl (C=O) groups excluding carboxylic acids is 1. The predicted octanol–water partition coefficient (Wildman–Crippen LogP) is 1.67. The van der Waals surface area contributed by atoms with Crippen LogP contribution < -0.4 is 5.32 Å². The zero-order valence-electron chi connectivity index (χ0n) is 12.4. The van der Waals surface area contributed by atoms with E-state index in [0.29, 0.717) is 19.8 Å². The number of aryl methyl sites for hydroxylation is 1. The molecule has 0 bridgehead atoms. The summed E-state index contributed by atoms with van der Waals surface area (Å²) in [5, 5.41) is 2.94. The van der Waals surface area contributed by atoms with E-state index in [2.05, 4.69) is 15.3 Å². The highest BCUT2D eigenvalue weighted by molar-refractivity contribution is 5.74. The number of rotatable bonds is 6. The van der Waals surface area contributed by atoms with Crippen LogP contribution >= 0.6 is 0 Å². The third-order valence-electron chi connectivity index (χ3n) is 2.60. The SMILES string of the molecule is CCOCC(C)(C)NC(=O)N(C)Cc1ncc(C)[nH]1. The summed E-state index contributed by atoms with van der Waals surface area (Å²) >= 11 is 0. The molecule has 19 heavy (non-hydrogen) atoms. The number of carbonyl (C=O) groups is 1. The summed E-state index contributed by atoms with van der Waals surface area (Å²) in [5.74, 6) is 0.776. The first-order valence-electron chi connectivity index (χ1n) is 6.45. The first-order valence-corrected chi connectivity index (χ1v) is 6.45. The molecular formula is C13H24N4O2. The maximum atomic E-state index is 12.1. The minimum absolute atomic E-state index is 0.140. The number of nitrogens with zero attached hydrogens (tertiary/aromatic N) is 2. The second kappa shape index (κ2) is 6.56. The largest absolute Gasteiger partial charge is 0.379 e. The number of amides is 2.